The maximum Gasteiger partial charge on any atom is 0.286 e. The van der Waals surface area contributed by atoms with Crippen LogP contribution in [0.5, 0.6) is 5.75 Å². The molecule has 0 bridgehead atoms. The molecule has 3 aromatic rings. The van der Waals surface area contributed by atoms with E-state index in [0.717, 1.165) is 22.0 Å². The number of aromatic nitrogens is 2. The molecular weight excluding hydrogens is 364 g/mol. The molecule has 0 spiro atoms. The number of rotatable bonds is 6. The predicted octanol–water partition coefficient (Wildman–Crippen LogP) is 2.83. The molecule has 27 heavy (non-hydrogen) atoms. The van der Waals surface area contributed by atoms with Crippen LogP contribution in [0.3, 0.4) is 0 Å². The Morgan fingerprint density at radius 1 is 1.22 bits per heavy atom. The SMILES string of the molecule is Cc1nc(COc2ccc(/C=C/C(=O)NNC(=O)c3ccc[nH]3)cc2)cs1. The molecule has 2 aromatic heterocycles. The van der Waals surface area contributed by atoms with Crippen LogP contribution in [0.4, 0.5) is 0 Å². The molecule has 0 unspecified atom stereocenters. The van der Waals surface area contributed by atoms with Crippen molar-refractivity contribution in [2.45, 2.75) is 13.5 Å². The van der Waals surface area contributed by atoms with Gasteiger partial charge in [-0.15, -0.1) is 11.3 Å². The van der Waals surface area contributed by atoms with Gasteiger partial charge in [-0.05, 0) is 42.8 Å². The standard InChI is InChI=1S/C19H18N4O3S/c1-13-21-15(12-27-13)11-26-16-7-4-14(5-8-16)6-9-18(24)22-23-19(25)17-3-2-10-20-17/h2-10,12,20H,11H2,1H3,(H,22,24)(H,23,25)/b9-6+. The molecule has 0 aliphatic heterocycles. The quantitative estimate of drug-likeness (QED) is 0.451. The highest BCUT2D eigenvalue weighted by atomic mass is 32.1. The average molecular weight is 382 g/mol. The van der Waals surface area contributed by atoms with Gasteiger partial charge in [0, 0.05) is 17.7 Å². The topological polar surface area (TPSA) is 96.1 Å². The lowest BCUT2D eigenvalue weighted by atomic mass is 10.2. The number of amides is 2. The van der Waals surface area contributed by atoms with E-state index in [4.69, 9.17) is 4.74 Å². The first-order valence-corrected chi connectivity index (χ1v) is 9.04. The van der Waals surface area contributed by atoms with Gasteiger partial charge in [0.25, 0.3) is 11.8 Å². The van der Waals surface area contributed by atoms with Gasteiger partial charge in [-0.25, -0.2) is 4.98 Å². The number of ether oxygens (including phenoxy) is 1. The molecule has 0 atom stereocenters. The normalized spacial score (nSPS) is 10.7. The van der Waals surface area contributed by atoms with Crippen LogP contribution in [0.2, 0.25) is 0 Å². The summed E-state index contributed by atoms with van der Waals surface area (Å²) < 4.78 is 5.68. The number of hydrogen-bond donors (Lipinski definition) is 3. The largest absolute Gasteiger partial charge is 0.487 e. The number of H-pyrrole nitrogens is 1. The molecule has 0 radical (unpaired) electrons. The van der Waals surface area contributed by atoms with Crippen molar-refractivity contribution < 1.29 is 14.3 Å². The molecule has 0 fully saturated rings. The van der Waals surface area contributed by atoms with Gasteiger partial charge in [0.2, 0.25) is 0 Å². The molecule has 2 heterocycles. The van der Waals surface area contributed by atoms with Crippen LogP contribution in [-0.2, 0) is 11.4 Å². The second-order valence-electron chi connectivity index (χ2n) is 5.58. The Hall–Kier alpha value is -3.39. The number of benzene rings is 1. The van der Waals surface area contributed by atoms with Crippen molar-refractivity contribution in [2.24, 2.45) is 0 Å². The summed E-state index contributed by atoms with van der Waals surface area (Å²) >= 11 is 1.59. The van der Waals surface area contributed by atoms with Gasteiger partial charge in [-0.2, -0.15) is 0 Å². The zero-order valence-corrected chi connectivity index (χ0v) is 15.4. The van der Waals surface area contributed by atoms with Gasteiger partial charge in [0.05, 0.1) is 10.7 Å². The second kappa shape index (κ2) is 8.81. The molecule has 3 N–H and O–H groups in total. The molecule has 0 aliphatic rings. The van der Waals surface area contributed by atoms with Crippen molar-refractivity contribution in [3.63, 3.8) is 0 Å². The van der Waals surface area contributed by atoms with E-state index >= 15 is 0 Å². The lowest BCUT2D eigenvalue weighted by Gasteiger charge is -2.05. The third kappa shape index (κ3) is 5.55. The predicted molar refractivity (Wildman–Crippen MR) is 103 cm³/mol. The Morgan fingerprint density at radius 3 is 2.70 bits per heavy atom. The van der Waals surface area contributed by atoms with E-state index in [1.54, 1.807) is 35.7 Å². The van der Waals surface area contributed by atoms with Crippen molar-refractivity contribution in [2.75, 3.05) is 0 Å². The minimum atomic E-state index is -0.436. The third-order valence-electron chi connectivity index (χ3n) is 3.50. The van der Waals surface area contributed by atoms with Crippen LogP contribution < -0.4 is 15.6 Å². The number of hydrazine groups is 1. The van der Waals surface area contributed by atoms with Gasteiger partial charge in [-0.3, -0.25) is 20.4 Å². The van der Waals surface area contributed by atoms with Crippen LogP contribution in [0.1, 0.15) is 26.8 Å². The van der Waals surface area contributed by atoms with Crippen molar-refractivity contribution in [1.82, 2.24) is 20.8 Å². The van der Waals surface area contributed by atoms with Gasteiger partial charge >= 0.3 is 0 Å². The fourth-order valence-corrected chi connectivity index (χ4v) is 2.78. The van der Waals surface area contributed by atoms with Crippen LogP contribution in [0, 0.1) is 6.92 Å². The van der Waals surface area contributed by atoms with Crippen LogP contribution in [-0.4, -0.2) is 21.8 Å². The highest BCUT2D eigenvalue weighted by Gasteiger charge is 2.05. The summed E-state index contributed by atoms with van der Waals surface area (Å²) in [6, 6.07) is 10.6. The van der Waals surface area contributed by atoms with Crippen LogP contribution in [0.25, 0.3) is 6.08 Å². The van der Waals surface area contributed by atoms with Crippen molar-refractivity contribution >= 4 is 29.2 Å². The zero-order chi connectivity index (χ0) is 19.1. The Kier molecular flexibility index (Phi) is 6.01. The number of nitrogens with zero attached hydrogens (tertiary/aromatic N) is 1. The van der Waals surface area contributed by atoms with E-state index in [9.17, 15) is 9.59 Å². The van der Waals surface area contributed by atoms with E-state index in [1.165, 1.54) is 6.08 Å². The summed E-state index contributed by atoms with van der Waals surface area (Å²) in [5, 5.41) is 2.98. The third-order valence-corrected chi connectivity index (χ3v) is 4.32. The maximum atomic E-state index is 11.8. The molecule has 1 aromatic carbocycles. The van der Waals surface area contributed by atoms with Gasteiger partial charge in [0.15, 0.2) is 0 Å². The number of aromatic amines is 1. The van der Waals surface area contributed by atoms with E-state index in [2.05, 4.69) is 20.8 Å². The summed E-state index contributed by atoms with van der Waals surface area (Å²) in [7, 11) is 0. The first-order valence-electron chi connectivity index (χ1n) is 8.16. The van der Waals surface area contributed by atoms with E-state index in [-0.39, 0.29) is 0 Å². The summed E-state index contributed by atoms with van der Waals surface area (Å²) in [5.74, 6) is -0.131. The fraction of sp³-hybridized carbons (Fsp3) is 0.105. The first kappa shape index (κ1) is 18.4. The summed E-state index contributed by atoms with van der Waals surface area (Å²) in [6.07, 6.45) is 4.61. The second-order valence-corrected chi connectivity index (χ2v) is 6.64. The van der Waals surface area contributed by atoms with Crippen LogP contribution in [0.15, 0.2) is 54.1 Å². The molecule has 2 amide bonds. The lowest BCUT2D eigenvalue weighted by molar-refractivity contribution is -0.117. The fourth-order valence-electron chi connectivity index (χ4n) is 2.18. The van der Waals surface area contributed by atoms with E-state index in [0.29, 0.717) is 12.3 Å². The van der Waals surface area contributed by atoms with E-state index < -0.39 is 11.8 Å². The van der Waals surface area contributed by atoms with E-state index in [1.807, 2.05) is 36.6 Å². The number of thiazole rings is 1. The highest BCUT2D eigenvalue weighted by Crippen LogP contribution is 2.16. The number of nitrogens with one attached hydrogen (secondary N) is 3. The summed E-state index contributed by atoms with van der Waals surface area (Å²) in [4.78, 5) is 30.5. The minimum absolute atomic E-state index is 0.364. The smallest absolute Gasteiger partial charge is 0.286 e. The zero-order valence-electron chi connectivity index (χ0n) is 14.6. The molecule has 0 saturated carbocycles. The highest BCUT2D eigenvalue weighted by molar-refractivity contribution is 7.09. The number of hydrogen-bond acceptors (Lipinski definition) is 5. The Labute approximate surface area is 160 Å². The number of carbonyl (C=O) groups is 2. The Balaban J connectivity index is 1.45. The van der Waals surface area contributed by atoms with Gasteiger partial charge in [-0.1, -0.05) is 12.1 Å². The Bertz CT molecular complexity index is 930. The molecule has 3 rings (SSSR count). The number of aryl methyl sites for hydroxylation is 1. The van der Waals surface area contributed by atoms with Crippen molar-refractivity contribution in [1.29, 1.82) is 0 Å². The molecule has 138 valence electrons. The van der Waals surface area contributed by atoms with Crippen LogP contribution >= 0.6 is 11.3 Å². The van der Waals surface area contributed by atoms with Crippen molar-refractivity contribution in [3.05, 3.63) is 76.0 Å². The molecular formula is C19H18N4O3S. The summed E-state index contributed by atoms with van der Waals surface area (Å²) in [6.45, 7) is 2.37. The first-order chi connectivity index (χ1) is 13.1. The minimum Gasteiger partial charge on any atom is -0.487 e. The maximum absolute atomic E-state index is 11.8. The molecule has 0 saturated heterocycles. The lowest BCUT2D eigenvalue weighted by Crippen LogP contribution is -2.40. The monoisotopic (exact) mass is 382 g/mol. The van der Waals surface area contributed by atoms with Crippen molar-refractivity contribution in [3.8, 4) is 5.75 Å². The average Bonchev–Trinajstić information content (AvgIpc) is 3.35. The van der Waals surface area contributed by atoms with Gasteiger partial charge in [0.1, 0.15) is 18.1 Å². The molecule has 0 aliphatic carbocycles. The molecule has 7 nitrogen and oxygen atoms in total. The Morgan fingerprint density at radius 2 is 2.04 bits per heavy atom. The summed E-state index contributed by atoms with van der Waals surface area (Å²) in [5.41, 5.74) is 6.73. The molecule has 8 heteroatoms. The number of carbonyl (C=O) groups excluding carboxylic acids is 2. The van der Waals surface area contributed by atoms with Gasteiger partial charge < -0.3 is 9.72 Å².